The van der Waals surface area contributed by atoms with E-state index in [1.165, 1.54) is 12.8 Å². The lowest BCUT2D eigenvalue weighted by atomic mass is 10.1. The maximum Gasteiger partial charge on any atom is 0.101 e. The Morgan fingerprint density at radius 3 is 2.93 bits per heavy atom. The van der Waals surface area contributed by atoms with E-state index in [2.05, 4.69) is 17.9 Å². The largest absolute Gasteiger partial charge is 0.368 e. The van der Waals surface area contributed by atoms with Gasteiger partial charge >= 0.3 is 0 Å². The van der Waals surface area contributed by atoms with Crippen molar-refractivity contribution in [2.75, 3.05) is 11.4 Å². The summed E-state index contributed by atoms with van der Waals surface area (Å²) in [5.41, 5.74) is 1.70. The van der Waals surface area contributed by atoms with E-state index < -0.39 is 0 Å². The van der Waals surface area contributed by atoms with Crippen LogP contribution in [-0.4, -0.2) is 12.6 Å². The van der Waals surface area contributed by atoms with E-state index in [9.17, 15) is 0 Å². The zero-order valence-corrected chi connectivity index (χ0v) is 9.46. The highest BCUT2D eigenvalue weighted by Gasteiger charge is 2.22. The van der Waals surface area contributed by atoms with Crippen molar-refractivity contribution in [3.05, 3.63) is 28.8 Å². The minimum absolute atomic E-state index is 0.526. The number of benzene rings is 1. The monoisotopic (exact) mass is 220 g/mol. The predicted octanol–water partition coefficient (Wildman–Crippen LogP) is 3.20. The van der Waals surface area contributed by atoms with Crippen LogP contribution in [0.5, 0.6) is 0 Å². The summed E-state index contributed by atoms with van der Waals surface area (Å²) >= 11 is 5.87. The third-order valence-electron chi connectivity index (χ3n) is 2.94. The summed E-state index contributed by atoms with van der Waals surface area (Å²) in [6, 6.07) is 8.27. The van der Waals surface area contributed by atoms with Crippen molar-refractivity contribution in [2.24, 2.45) is 0 Å². The van der Waals surface area contributed by atoms with Crippen molar-refractivity contribution in [1.82, 2.24) is 0 Å². The van der Waals surface area contributed by atoms with E-state index in [-0.39, 0.29) is 0 Å². The molecule has 0 radical (unpaired) electrons. The standard InChI is InChI=1S/C12H13ClN2/c1-9-3-2-6-15(9)12-5-4-11(13)7-10(12)8-14/h4-5,7,9H,2-3,6H2,1H3. The molecule has 0 aromatic heterocycles. The van der Waals surface area contributed by atoms with Gasteiger partial charge in [0.2, 0.25) is 0 Å². The molecule has 0 aliphatic carbocycles. The van der Waals surface area contributed by atoms with Gasteiger partial charge in [0, 0.05) is 17.6 Å². The van der Waals surface area contributed by atoms with E-state index in [1.807, 2.05) is 12.1 Å². The fourth-order valence-corrected chi connectivity index (χ4v) is 2.31. The molecule has 0 bridgehead atoms. The molecule has 0 amide bonds. The molecule has 0 saturated carbocycles. The van der Waals surface area contributed by atoms with Gasteiger partial charge in [-0.1, -0.05) is 11.6 Å². The molecule has 1 aliphatic rings. The van der Waals surface area contributed by atoms with Gasteiger partial charge in [0.05, 0.1) is 11.3 Å². The highest BCUT2D eigenvalue weighted by molar-refractivity contribution is 6.30. The van der Waals surface area contributed by atoms with Gasteiger partial charge in [0.15, 0.2) is 0 Å². The molecule has 1 aromatic carbocycles. The van der Waals surface area contributed by atoms with Crippen molar-refractivity contribution < 1.29 is 0 Å². The number of hydrogen-bond acceptors (Lipinski definition) is 2. The molecule has 0 spiro atoms. The van der Waals surface area contributed by atoms with Crippen molar-refractivity contribution in [2.45, 2.75) is 25.8 Å². The lowest BCUT2D eigenvalue weighted by Crippen LogP contribution is -2.26. The van der Waals surface area contributed by atoms with Gasteiger partial charge in [-0.25, -0.2) is 0 Å². The SMILES string of the molecule is CC1CCCN1c1ccc(Cl)cc1C#N. The third kappa shape index (κ3) is 1.93. The summed E-state index contributed by atoms with van der Waals surface area (Å²) in [7, 11) is 0. The van der Waals surface area contributed by atoms with Crippen LogP contribution in [0.2, 0.25) is 5.02 Å². The zero-order chi connectivity index (χ0) is 10.8. The molecule has 1 saturated heterocycles. The minimum atomic E-state index is 0.526. The number of nitriles is 1. The second-order valence-electron chi connectivity index (χ2n) is 3.96. The second-order valence-corrected chi connectivity index (χ2v) is 4.39. The van der Waals surface area contributed by atoms with Crippen LogP contribution in [0, 0.1) is 11.3 Å². The molecule has 15 heavy (non-hydrogen) atoms. The average Bonchev–Trinajstić information content (AvgIpc) is 2.64. The van der Waals surface area contributed by atoms with Crippen LogP contribution in [0.15, 0.2) is 18.2 Å². The molecule has 3 heteroatoms. The second kappa shape index (κ2) is 4.12. The molecular formula is C12H13ClN2. The van der Waals surface area contributed by atoms with Gasteiger partial charge in [0.25, 0.3) is 0 Å². The lowest BCUT2D eigenvalue weighted by molar-refractivity contribution is 0.734. The maximum absolute atomic E-state index is 9.05. The molecule has 1 fully saturated rings. The summed E-state index contributed by atoms with van der Waals surface area (Å²) in [6.07, 6.45) is 2.40. The van der Waals surface area contributed by atoms with Crippen LogP contribution in [0.3, 0.4) is 0 Å². The quantitative estimate of drug-likeness (QED) is 0.727. The first-order valence-corrected chi connectivity index (χ1v) is 5.56. The highest BCUT2D eigenvalue weighted by atomic mass is 35.5. The predicted molar refractivity (Wildman–Crippen MR) is 62.2 cm³/mol. The summed E-state index contributed by atoms with van der Waals surface area (Å²) < 4.78 is 0. The van der Waals surface area contributed by atoms with Crippen LogP contribution in [0.25, 0.3) is 0 Å². The fourth-order valence-electron chi connectivity index (χ4n) is 2.14. The Morgan fingerprint density at radius 1 is 1.53 bits per heavy atom. The number of halogens is 1. The van der Waals surface area contributed by atoms with E-state index in [1.54, 1.807) is 6.07 Å². The summed E-state index contributed by atoms with van der Waals surface area (Å²) in [6.45, 7) is 3.24. The van der Waals surface area contributed by atoms with Gasteiger partial charge in [-0.05, 0) is 38.0 Å². The molecule has 78 valence electrons. The smallest absolute Gasteiger partial charge is 0.101 e. The van der Waals surface area contributed by atoms with Crippen LogP contribution in [0.4, 0.5) is 5.69 Å². The van der Waals surface area contributed by atoms with E-state index >= 15 is 0 Å². The van der Waals surface area contributed by atoms with E-state index in [4.69, 9.17) is 16.9 Å². The van der Waals surface area contributed by atoms with Gasteiger partial charge in [-0.15, -0.1) is 0 Å². The minimum Gasteiger partial charge on any atom is -0.368 e. The van der Waals surface area contributed by atoms with Gasteiger partial charge in [-0.3, -0.25) is 0 Å². The first-order chi connectivity index (χ1) is 7.22. The van der Waals surface area contributed by atoms with Gasteiger partial charge in [0.1, 0.15) is 6.07 Å². The van der Waals surface area contributed by atoms with Crippen LogP contribution >= 0.6 is 11.6 Å². The first kappa shape index (κ1) is 10.3. The molecule has 1 unspecified atom stereocenters. The molecule has 1 aliphatic heterocycles. The number of nitrogens with zero attached hydrogens (tertiary/aromatic N) is 2. The summed E-state index contributed by atoms with van der Waals surface area (Å²) in [5, 5.41) is 9.68. The first-order valence-electron chi connectivity index (χ1n) is 5.18. The van der Waals surface area contributed by atoms with E-state index in [0.29, 0.717) is 16.6 Å². The molecule has 1 aromatic rings. The van der Waals surface area contributed by atoms with Gasteiger partial charge in [-0.2, -0.15) is 5.26 Å². The molecule has 2 rings (SSSR count). The van der Waals surface area contributed by atoms with E-state index in [0.717, 1.165) is 12.2 Å². The lowest BCUT2D eigenvalue weighted by Gasteiger charge is -2.24. The van der Waals surface area contributed by atoms with Crippen LogP contribution in [0.1, 0.15) is 25.3 Å². The summed E-state index contributed by atoms with van der Waals surface area (Å²) in [4.78, 5) is 2.29. The van der Waals surface area contributed by atoms with Gasteiger partial charge < -0.3 is 4.90 Å². The van der Waals surface area contributed by atoms with Crippen LogP contribution < -0.4 is 4.90 Å². The third-order valence-corrected chi connectivity index (χ3v) is 3.18. The summed E-state index contributed by atoms with van der Waals surface area (Å²) in [5.74, 6) is 0. The Labute approximate surface area is 95.1 Å². The van der Waals surface area contributed by atoms with Crippen molar-refractivity contribution in [1.29, 1.82) is 5.26 Å². The highest BCUT2D eigenvalue weighted by Crippen LogP contribution is 2.29. The maximum atomic E-state index is 9.05. The Balaban J connectivity index is 2.39. The topological polar surface area (TPSA) is 27.0 Å². The molecule has 2 nitrogen and oxygen atoms in total. The molecular weight excluding hydrogens is 208 g/mol. The average molecular weight is 221 g/mol. The Morgan fingerprint density at radius 2 is 2.33 bits per heavy atom. The Hall–Kier alpha value is -1.20. The molecule has 1 heterocycles. The Kier molecular flexibility index (Phi) is 2.83. The van der Waals surface area contributed by atoms with Crippen molar-refractivity contribution in [3.8, 4) is 6.07 Å². The number of rotatable bonds is 1. The zero-order valence-electron chi connectivity index (χ0n) is 8.70. The number of anilines is 1. The van der Waals surface area contributed by atoms with Crippen molar-refractivity contribution >= 4 is 17.3 Å². The van der Waals surface area contributed by atoms with Crippen molar-refractivity contribution in [3.63, 3.8) is 0 Å². The molecule has 1 atom stereocenters. The normalized spacial score (nSPS) is 20.3. The number of hydrogen-bond donors (Lipinski definition) is 0. The Bertz CT molecular complexity index is 409. The fraction of sp³-hybridized carbons (Fsp3) is 0.417. The van der Waals surface area contributed by atoms with Crippen LogP contribution in [-0.2, 0) is 0 Å². The molecule has 0 N–H and O–H groups in total.